The van der Waals surface area contributed by atoms with E-state index in [1.54, 1.807) is 0 Å². The third kappa shape index (κ3) is 3.19. The second-order valence-corrected chi connectivity index (χ2v) is 4.41. The van der Waals surface area contributed by atoms with Gasteiger partial charge in [-0.1, -0.05) is 30.4 Å². The number of aldehydes is 1. The van der Waals surface area contributed by atoms with Crippen molar-refractivity contribution in [3.8, 4) is 0 Å². The van der Waals surface area contributed by atoms with E-state index in [2.05, 4.69) is 29.2 Å². The molecule has 0 aromatic heterocycles. The van der Waals surface area contributed by atoms with Gasteiger partial charge in [0.05, 0.1) is 0 Å². The second-order valence-electron chi connectivity index (χ2n) is 4.41. The van der Waals surface area contributed by atoms with Crippen LogP contribution in [0, 0.1) is 0 Å². The van der Waals surface area contributed by atoms with Crippen LogP contribution in [0.2, 0.25) is 0 Å². The van der Waals surface area contributed by atoms with E-state index in [0.717, 1.165) is 19.4 Å². The van der Waals surface area contributed by atoms with Gasteiger partial charge >= 0.3 is 0 Å². The Bertz CT molecular complexity index is 392. The van der Waals surface area contributed by atoms with Crippen LogP contribution in [0.15, 0.2) is 30.3 Å². The number of carbonyl (C=O) groups is 1. The van der Waals surface area contributed by atoms with Crippen molar-refractivity contribution in [1.82, 2.24) is 0 Å². The Morgan fingerprint density at radius 1 is 1.12 bits per heavy atom. The Morgan fingerprint density at radius 2 is 1.88 bits per heavy atom. The molecule has 2 rings (SSSR count). The van der Waals surface area contributed by atoms with E-state index < -0.39 is 0 Å². The molecule has 0 saturated carbocycles. The maximum Gasteiger partial charge on any atom is 0.123 e. The summed E-state index contributed by atoms with van der Waals surface area (Å²) in [6.45, 7) is 2.30. The highest BCUT2D eigenvalue weighted by Crippen LogP contribution is 2.25. The molecule has 1 aromatic carbocycles. The van der Waals surface area contributed by atoms with Crippen LogP contribution in [0.25, 0.3) is 6.08 Å². The zero-order chi connectivity index (χ0) is 11.9. The van der Waals surface area contributed by atoms with Crippen molar-refractivity contribution in [3.05, 3.63) is 35.9 Å². The van der Waals surface area contributed by atoms with Crippen LogP contribution in [-0.2, 0) is 4.79 Å². The van der Waals surface area contributed by atoms with Crippen molar-refractivity contribution in [2.45, 2.75) is 25.7 Å². The zero-order valence-electron chi connectivity index (χ0n) is 10.1. The summed E-state index contributed by atoms with van der Waals surface area (Å²) in [6, 6.07) is 8.42. The van der Waals surface area contributed by atoms with E-state index in [-0.39, 0.29) is 0 Å². The molecule has 0 atom stereocenters. The highest BCUT2D eigenvalue weighted by molar-refractivity contribution is 5.69. The van der Waals surface area contributed by atoms with E-state index in [1.165, 1.54) is 30.5 Å². The Balaban J connectivity index is 2.17. The first-order valence-electron chi connectivity index (χ1n) is 6.36. The number of hydrogen-bond acceptors (Lipinski definition) is 2. The molecule has 1 aliphatic rings. The van der Waals surface area contributed by atoms with Gasteiger partial charge in [0.25, 0.3) is 0 Å². The lowest BCUT2D eigenvalue weighted by atomic mass is 10.1. The lowest BCUT2D eigenvalue weighted by Crippen LogP contribution is -2.29. The van der Waals surface area contributed by atoms with Crippen LogP contribution in [-0.4, -0.2) is 19.4 Å². The van der Waals surface area contributed by atoms with Crippen molar-refractivity contribution in [3.63, 3.8) is 0 Å². The van der Waals surface area contributed by atoms with Gasteiger partial charge in [-0.2, -0.15) is 0 Å². The monoisotopic (exact) mass is 229 g/mol. The number of benzene rings is 1. The zero-order valence-corrected chi connectivity index (χ0v) is 10.1. The van der Waals surface area contributed by atoms with Gasteiger partial charge in [-0.25, -0.2) is 0 Å². The average molecular weight is 229 g/mol. The Morgan fingerprint density at radius 3 is 2.65 bits per heavy atom. The number of allylic oxidation sites excluding steroid dienone is 1. The molecule has 1 fully saturated rings. The van der Waals surface area contributed by atoms with Crippen molar-refractivity contribution in [1.29, 1.82) is 0 Å². The largest absolute Gasteiger partial charge is 0.371 e. The predicted molar refractivity (Wildman–Crippen MR) is 72.2 cm³/mol. The van der Waals surface area contributed by atoms with Crippen LogP contribution in [0.5, 0.6) is 0 Å². The molecular weight excluding hydrogens is 210 g/mol. The predicted octanol–water partition coefficient (Wildman–Crippen LogP) is 3.28. The van der Waals surface area contributed by atoms with Gasteiger partial charge < -0.3 is 9.69 Å². The summed E-state index contributed by atoms with van der Waals surface area (Å²) in [5.74, 6) is 0. The first kappa shape index (κ1) is 11.9. The first-order valence-corrected chi connectivity index (χ1v) is 6.36. The summed E-state index contributed by atoms with van der Waals surface area (Å²) in [5.41, 5.74) is 2.52. The normalized spacial score (nSPS) is 16.4. The molecule has 0 spiro atoms. The van der Waals surface area contributed by atoms with Crippen LogP contribution in [0.4, 0.5) is 5.69 Å². The number of piperidine rings is 1. The first-order chi connectivity index (χ1) is 8.42. The third-order valence-electron chi connectivity index (χ3n) is 3.16. The van der Waals surface area contributed by atoms with Crippen LogP contribution in [0.3, 0.4) is 0 Å². The molecular formula is C15H19NO. The standard InChI is InChI=1S/C15H19NO/c17-13-7-4-9-14-8-2-3-10-15(14)16-11-5-1-6-12-16/h2-4,8-10,13H,1,5-7,11-12H2. The van der Waals surface area contributed by atoms with Crippen LogP contribution >= 0.6 is 0 Å². The molecule has 90 valence electrons. The number of para-hydroxylation sites is 1. The summed E-state index contributed by atoms with van der Waals surface area (Å²) in [6.07, 6.45) is 9.32. The summed E-state index contributed by atoms with van der Waals surface area (Å²) < 4.78 is 0. The number of anilines is 1. The minimum absolute atomic E-state index is 0.494. The lowest BCUT2D eigenvalue weighted by molar-refractivity contribution is -0.107. The average Bonchev–Trinajstić information content (AvgIpc) is 2.41. The van der Waals surface area contributed by atoms with Gasteiger partial charge in [0, 0.05) is 25.2 Å². The number of carbonyl (C=O) groups excluding carboxylic acids is 1. The van der Waals surface area contributed by atoms with E-state index in [9.17, 15) is 4.79 Å². The van der Waals surface area contributed by atoms with E-state index in [1.807, 2.05) is 12.1 Å². The van der Waals surface area contributed by atoms with E-state index >= 15 is 0 Å². The summed E-state index contributed by atoms with van der Waals surface area (Å²) >= 11 is 0. The van der Waals surface area contributed by atoms with Gasteiger partial charge in [0.2, 0.25) is 0 Å². The van der Waals surface area contributed by atoms with Crippen molar-refractivity contribution >= 4 is 18.0 Å². The Labute approximate surface area is 103 Å². The quantitative estimate of drug-likeness (QED) is 0.738. The number of nitrogens with zero attached hydrogens (tertiary/aromatic N) is 1. The Kier molecular flexibility index (Phi) is 4.37. The third-order valence-corrected chi connectivity index (χ3v) is 3.16. The fourth-order valence-electron chi connectivity index (χ4n) is 2.30. The molecule has 0 bridgehead atoms. The molecule has 1 saturated heterocycles. The van der Waals surface area contributed by atoms with Crippen LogP contribution < -0.4 is 4.90 Å². The van der Waals surface area contributed by atoms with Crippen molar-refractivity contribution in [2.24, 2.45) is 0 Å². The molecule has 1 aromatic rings. The number of hydrogen-bond donors (Lipinski definition) is 0. The molecule has 17 heavy (non-hydrogen) atoms. The fraction of sp³-hybridized carbons (Fsp3) is 0.400. The molecule has 0 amide bonds. The van der Waals surface area contributed by atoms with Gasteiger partial charge in [-0.3, -0.25) is 0 Å². The minimum atomic E-state index is 0.494. The lowest BCUT2D eigenvalue weighted by Gasteiger charge is -2.30. The summed E-state index contributed by atoms with van der Waals surface area (Å²) in [7, 11) is 0. The minimum Gasteiger partial charge on any atom is -0.371 e. The smallest absolute Gasteiger partial charge is 0.123 e. The fourth-order valence-corrected chi connectivity index (χ4v) is 2.30. The molecule has 0 radical (unpaired) electrons. The maximum atomic E-state index is 10.3. The van der Waals surface area contributed by atoms with Gasteiger partial charge in [-0.05, 0) is 30.9 Å². The second kappa shape index (κ2) is 6.24. The highest BCUT2D eigenvalue weighted by atomic mass is 16.1. The van der Waals surface area contributed by atoms with Gasteiger partial charge in [-0.15, -0.1) is 0 Å². The molecule has 0 unspecified atom stereocenters. The van der Waals surface area contributed by atoms with Crippen molar-refractivity contribution in [2.75, 3.05) is 18.0 Å². The van der Waals surface area contributed by atoms with Gasteiger partial charge in [0.15, 0.2) is 0 Å². The molecule has 2 nitrogen and oxygen atoms in total. The topological polar surface area (TPSA) is 20.3 Å². The summed E-state index contributed by atoms with van der Waals surface area (Å²) in [4.78, 5) is 12.8. The van der Waals surface area contributed by atoms with Crippen LogP contribution in [0.1, 0.15) is 31.2 Å². The SMILES string of the molecule is O=CCC=Cc1ccccc1N1CCCCC1. The van der Waals surface area contributed by atoms with Gasteiger partial charge in [0.1, 0.15) is 6.29 Å². The molecule has 2 heteroatoms. The summed E-state index contributed by atoms with van der Waals surface area (Å²) in [5, 5.41) is 0. The highest BCUT2D eigenvalue weighted by Gasteiger charge is 2.12. The molecule has 1 heterocycles. The van der Waals surface area contributed by atoms with E-state index in [0.29, 0.717) is 6.42 Å². The number of rotatable bonds is 4. The van der Waals surface area contributed by atoms with Crippen molar-refractivity contribution < 1.29 is 4.79 Å². The maximum absolute atomic E-state index is 10.3. The molecule has 1 aliphatic heterocycles. The van der Waals surface area contributed by atoms with E-state index in [4.69, 9.17) is 0 Å². The molecule has 0 N–H and O–H groups in total. The Hall–Kier alpha value is -1.57. The molecule has 0 aliphatic carbocycles.